The first-order valence-corrected chi connectivity index (χ1v) is 4.95. The molecule has 0 aliphatic heterocycles. The first-order chi connectivity index (χ1) is 6.73. The van der Waals surface area contributed by atoms with Crippen LogP contribution in [0.25, 0.3) is 0 Å². The Morgan fingerprint density at radius 1 is 1.13 bits per heavy atom. The van der Waals surface area contributed by atoms with Crippen LogP contribution in [-0.2, 0) is 5.60 Å². The summed E-state index contributed by atoms with van der Waals surface area (Å²) in [6, 6.07) is 2.23. The zero-order chi connectivity index (χ0) is 11.8. The minimum Gasteiger partial charge on any atom is -0.386 e. The molecule has 3 heteroatoms. The first kappa shape index (κ1) is 12.1. The molecule has 1 aromatic rings. The molecule has 1 aromatic carbocycles. The molecule has 0 aliphatic rings. The highest BCUT2D eigenvalue weighted by Crippen LogP contribution is 2.28. The molecule has 0 unspecified atom stereocenters. The van der Waals surface area contributed by atoms with E-state index in [2.05, 4.69) is 0 Å². The van der Waals surface area contributed by atoms with Crippen LogP contribution >= 0.6 is 0 Å². The molecular formula is C12H16F2O. The van der Waals surface area contributed by atoms with E-state index in [1.807, 2.05) is 13.8 Å². The summed E-state index contributed by atoms with van der Waals surface area (Å²) in [5, 5.41) is 9.70. The molecule has 0 radical (unpaired) electrons. The van der Waals surface area contributed by atoms with E-state index >= 15 is 0 Å². The largest absolute Gasteiger partial charge is 0.386 e. The summed E-state index contributed by atoms with van der Waals surface area (Å²) in [7, 11) is 0. The fourth-order valence-electron chi connectivity index (χ4n) is 1.48. The molecule has 0 atom stereocenters. The van der Waals surface area contributed by atoms with Crippen molar-refractivity contribution in [3.63, 3.8) is 0 Å². The van der Waals surface area contributed by atoms with Crippen LogP contribution in [0.3, 0.4) is 0 Å². The van der Waals surface area contributed by atoms with Gasteiger partial charge in [-0.25, -0.2) is 8.78 Å². The summed E-state index contributed by atoms with van der Waals surface area (Å²) in [5.74, 6) is -1.30. The lowest BCUT2D eigenvalue weighted by Gasteiger charge is -2.20. The summed E-state index contributed by atoms with van der Waals surface area (Å²) in [4.78, 5) is 0. The predicted molar refractivity (Wildman–Crippen MR) is 55.7 cm³/mol. The van der Waals surface area contributed by atoms with E-state index in [0.717, 1.165) is 6.07 Å². The van der Waals surface area contributed by atoms with Crippen molar-refractivity contribution in [1.29, 1.82) is 0 Å². The van der Waals surface area contributed by atoms with Crippen molar-refractivity contribution in [2.24, 2.45) is 0 Å². The van der Waals surface area contributed by atoms with Gasteiger partial charge in [0.2, 0.25) is 0 Å². The normalized spacial score (nSPS) is 12.3. The monoisotopic (exact) mass is 214 g/mol. The van der Waals surface area contributed by atoms with Gasteiger partial charge in [0.05, 0.1) is 5.60 Å². The van der Waals surface area contributed by atoms with E-state index in [1.54, 1.807) is 0 Å². The Hall–Kier alpha value is -0.960. The second-order valence-electron chi connectivity index (χ2n) is 4.57. The fraction of sp³-hybridized carbons (Fsp3) is 0.500. The Bertz CT molecular complexity index is 365. The maximum absolute atomic E-state index is 13.4. The average Bonchev–Trinajstić information content (AvgIpc) is 2.00. The third kappa shape index (κ3) is 2.53. The second kappa shape index (κ2) is 3.89. The van der Waals surface area contributed by atoms with Gasteiger partial charge in [0.15, 0.2) is 0 Å². The minimum atomic E-state index is -1.29. The fourth-order valence-corrected chi connectivity index (χ4v) is 1.48. The van der Waals surface area contributed by atoms with Crippen molar-refractivity contribution in [3.05, 3.63) is 34.9 Å². The number of hydrogen-bond donors (Lipinski definition) is 1. The second-order valence-corrected chi connectivity index (χ2v) is 4.57. The SMILES string of the molecule is CC(C)c1cc(C(C)(C)O)c(F)cc1F. The number of hydrogen-bond acceptors (Lipinski definition) is 1. The molecule has 0 heterocycles. The number of halogens is 2. The molecule has 0 aliphatic carbocycles. The Labute approximate surface area is 88.7 Å². The molecule has 1 rings (SSSR count). The third-order valence-electron chi connectivity index (χ3n) is 2.37. The quantitative estimate of drug-likeness (QED) is 0.800. The maximum Gasteiger partial charge on any atom is 0.132 e. The van der Waals surface area contributed by atoms with Crippen LogP contribution in [0, 0.1) is 11.6 Å². The topological polar surface area (TPSA) is 20.2 Å². The van der Waals surface area contributed by atoms with Crippen LogP contribution in [0.15, 0.2) is 12.1 Å². The zero-order valence-electron chi connectivity index (χ0n) is 9.44. The van der Waals surface area contributed by atoms with Crippen LogP contribution < -0.4 is 0 Å². The van der Waals surface area contributed by atoms with Crippen molar-refractivity contribution in [2.45, 2.75) is 39.2 Å². The first-order valence-electron chi connectivity index (χ1n) is 4.95. The van der Waals surface area contributed by atoms with Gasteiger partial charge in [0.1, 0.15) is 11.6 Å². The Balaban J connectivity index is 3.37. The molecule has 0 fully saturated rings. The van der Waals surface area contributed by atoms with E-state index < -0.39 is 17.2 Å². The minimum absolute atomic E-state index is 0.0355. The van der Waals surface area contributed by atoms with Crippen LogP contribution in [-0.4, -0.2) is 5.11 Å². The van der Waals surface area contributed by atoms with E-state index in [0.29, 0.717) is 5.56 Å². The molecular weight excluding hydrogens is 198 g/mol. The van der Waals surface area contributed by atoms with E-state index in [1.165, 1.54) is 19.9 Å². The zero-order valence-corrected chi connectivity index (χ0v) is 9.44. The Kier molecular flexibility index (Phi) is 3.14. The van der Waals surface area contributed by atoms with Gasteiger partial charge in [-0.05, 0) is 31.4 Å². The number of aliphatic hydroxyl groups is 1. The average molecular weight is 214 g/mol. The van der Waals surface area contributed by atoms with Crippen molar-refractivity contribution in [2.75, 3.05) is 0 Å². The molecule has 0 bridgehead atoms. The number of rotatable bonds is 2. The van der Waals surface area contributed by atoms with E-state index in [4.69, 9.17) is 0 Å². The summed E-state index contributed by atoms with van der Waals surface area (Å²) < 4.78 is 26.7. The lowest BCUT2D eigenvalue weighted by molar-refractivity contribution is 0.0743. The van der Waals surface area contributed by atoms with Crippen LogP contribution in [0.1, 0.15) is 44.7 Å². The van der Waals surface area contributed by atoms with Crippen LogP contribution in [0.2, 0.25) is 0 Å². The van der Waals surface area contributed by atoms with Gasteiger partial charge in [-0.15, -0.1) is 0 Å². The molecule has 1 N–H and O–H groups in total. The summed E-state index contributed by atoms with van der Waals surface area (Å²) in [5.41, 5.74) is -0.734. The van der Waals surface area contributed by atoms with Crippen molar-refractivity contribution in [3.8, 4) is 0 Å². The van der Waals surface area contributed by atoms with Gasteiger partial charge in [0, 0.05) is 11.6 Å². The molecule has 0 amide bonds. The Morgan fingerprint density at radius 3 is 2.07 bits per heavy atom. The van der Waals surface area contributed by atoms with Gasteiger partial charge in [-0.2, -0.15) is 0 Å². The smallest absolute Gasteiger partial charge is 0.132 e. The lowest BCUT2D eigenvalue weighted by atomic mass is 9.92. The molecule has 1 nitrogen and oxygen atoms in total. The summed E-state index contributed by atoms with van der Waals surface area (Å²) in [6.45, 7) is 6.61. The maximum atomic E-state index is 13.4. The molecule has 0 spiro atoms. The molecule has 84 valence electrons. The van der Waals surface area contributed by atoms with Gasteiger partial charge < -0.3 is 5.11 Å². The summed E-state index contributed by atoms with van der Waals surface area (Å²) in [6.07, 6.45) is 0. The molecule has 0 saturated heterocycles. The molecule has 0 saturated carbocycles. The highest BCUT2D eigenvalue weighted by atomic mass is 19.1. The Morgan fingerprint density at radius 2 is 1.67 bits per heavy atom. The van der Waals surface area contributed by atoms with Crippen molar-refractivity contribution < 1.29 is 13.9 Å². The van der Waals surface area contributed by atoms with Gasteiger partial charge in [0.25, 0.3) is 0 Å². The highest BCUT2D eigenvalue weighted by molar-refractivity contribution is 5.31. The standard InChI is InChI=1S/C12H16F2O/c1-7(2)8-5-9(12(3,4)15)11(14)6-10(8)13/h5-7,15H,1-4H3. The van der Waals surface area contributed by atoms with Gasteiger partial charge in [-0.3, -0.25) is 0 Å². The molecule has 15 heavy (non-hydrogen) atoms. The van der Waals surface area contributed by atoms with Gasteiger partial charge in [-0.1, -0.05) is 13.8 Å². The third-order valence-corrected chi connectivity index (χ3v) is 2.37. The predicted octanol–water partition coefficient (Wildman–Crippen LogP) is 3.32. The summed E-state index contributed by atoms with van der Waals surface area (Å²) >= 11 is 0. The van der Waals surface area contributed by atoms with E-state index in [9.17, 15) is 13.9 Å². The number of benzene rings is 1. The van der Waals surface area contributed by atoms with E-state index in [-0.39, 0.29) is 11.5 Å². The molecule has 0 aromatic heterocycles. The van der Waals surface area contributed by atoms with Crippen molar-refractivity contribution >= 4 is 0 Å². The van der Waals surface area contributed by atoms with Crippen LogP contribution in [0.4, 0.5) is 8.78 Å². The van der Waals surface area contributed by atoms with Crippen LogP contribution in [0.5, 0.6) is 0 Å². The van der Waals surface area contributed by atoms with Gasteiger partial charge >= 0.3 is 0 Å². The highest BCUT2D eigenvalue weighted by Gasteiger charge is 2.23. The van der Waals surface area contributed by atoms with Crippen molar-refractivity contribution in [1.82, 2.24) is 0 Å². The lowest BCUT2D eigenvalue weighted by Crippen LogP contribution is -2.18.